The molecule has 0 radical (unpaired) electrons. The van der Waals surface area contributed by atoms with Crippen LogP contribution in [0.4, 0.5) is 0 Å². The van der Waals surface area contributed by atoms with Crippen molar-refractivity contribution in [3.05, 3.63) is 23.3 Å². The second-order valence-electron chi connectivity index (χ2n) is 13.5. The van der Waals surface area contributed by atoms with Crippen molar-refractivity contribution in [2.24, 2.45) is 0 Å². The highest BCUT2D eigenvalue weighted by Gasteiger charge is 2.42. The molecule has 4 nitrogen and oxygen atoms in total. The van der Waals surface area contributed by atoms with E-state index in [4.69, 9.17) is 4.74 Å². The van der Waals surface area contributed by atoms with E-state index >= 15 is 0 Å². The molecular formula is C38H67NO3. The van der Waals surface area contributed by atoms with Gasteiger partial charge in [-0.15, -0.1) is 0 Å². The normalized spacial score (nSPS) is 17.1. The van der Waals surface area contributed by atoms with Crippen molar-refractivity contribution in [2.75, 3.05) is 0 Å². The molecule has 2 N–H and O–H groups in total. The fourth-order valence-electron chi connectivity index (χ4n) is 7.12. The molecule has 0 aromatic carbocycles. The molecular weight excluding hydrogens is 518 g/mol. The van der Waals surface area contributed by atoms with Crippen LogP contribution in [0.3, 0.4) is 0 Å². The second kappa shape index (κ2) is 22.1. The van der Waals surface area contributed by atoms with E-state index < -0.39 is 0 Å². The summed E-state index contributed by atoms with van der Waals surface area (Å²) in [5, 5.41) is 21.1. The van der Waals surface area contributed by atoms with Gasteiger partial charge in [-0.05, 0) is 6.42 Å². The summed E-state index contributed by atoms with van der Waals surface area (Å²) in [6, 6.07) is 0. The van der Waals surface area contributed by atoms with Crippen LogP contribution < -0.4 is 0 Å². The first-order chi connectivity index (χ1) is 20.7. The van der Waals surface area contributed by atoms with Crippen LogP contribution >= 0.6 is 0 Å². The molecule has 42 heavy (non-hydrogen) atoms. The lowest BCUT2D eigenvalue weighted by molar-refractivity contribution is 0.0837. The van der Waals surface area contributed by atoms with Crippen LogP contribution in [0.25, 0.3) is 0 Å². The number of fused-ring (bicyclic) bond motifs is 5. The molecule has 1 aromatic heterocycles. The summed E-state index contributed by atoms with van der Waals surface area (Å²) in [6.45, 7) is 2.98. The fraction of sp³-hybridized carbons (Fsp3) is 0.842. The Bertz CT molecular complexity index is 808. The molecule has 2 atom stereocenters. The van der Waals surface area contributed by atoms with Gasteiger partial charge in [0.25, 0.3) is 0 Å². The number of hydrogen-bond acceptors (Lipinski definition) is 3. The summed E-state index contributed by atoms with van der Waals surface area (Å²) >= 11 is 0. The predicted octanol–water partition coefficient (Wildman–Crippen LogP) is 12.5. The molecule has 2 unspecified atom stereocenters. The van der Waals surface area contributed by atoms with Gasteiger partial charge in [0.05, 0.1) is 11.1 Å². The van der Waals surface area contributed by atoms with Gasteiger partial charge < -0.3 is 14.9 Å². The minimum atomic E-state index is -0.180. The summed E-state index contributed by atoms with van der Waals surface area (Å²) in [4.78, 5) is 0. The number of aromatic nitrogens is 1. The van der Waals surface area contributed by atoms with Gasteiger partial charge in [0.1, 0.15) is 12.2 Å². The van der Waals surface area contributed by atoms with E-state index in [9.17, 15) is 10.2 Å². The van der Waals surface area contributed by atoms with E-state index in [-0.39, 0.29) is 24.0 Å². The minimum absolute atomic E-state index is 0.180. The lowest BCUT2D eigenvalue weighted by Gasteiger charge is -2.10. The van der Waals surface area contributed by atoms with Gasteiger partial charge >= 0.3 is 0 Å². The standard InChI is InChI=1S/C38H67NO3/c1-2-3-4-5-6-7-8-9-10-11-12-13-14-15-16-17-18-19-20-21-22-23-24-25-26-27-28-29-32-39-37(40)35-33-30-31-34(42-33)36(35)38(39)41/h30-31,33-34,40-41H,2-29,32H2,1H3. The Balaban J connectivity index is 0.974. The number of aromatic hydroxyl groups is 2. The van der Waals surface area contributed by atoms with Crippen LogP contribution in [0.15, 0.2) is 12.2 Å². The predicted molar refractivity (Wildman–Crippen MR) is 178 cm³/mol. The Hall–Kier alpha value is -1.42. The van der Waals surface area contributed by atoms with Gasteiger partial charge in [-0.1, -0.05) is 192 Å². The van der Waals surface area contributed by atoms with Crippen LogP contribution in [-0.2, 0) is 11.3 Å². The molecule has 0 saturated carbocycles. The number of nitrogens with zero attached hydrogens (tertiary/aromatic N) is 1. The lowest BCUT2D eigenvalue weighted by Crippen LogP contribution is -1.99. The molecule has 0 amide bonds. The van der Waals surface area contributed by atoms with Crippen molar-refractivity contribution in [3.63, 3.8) is 0 Å². The van der Waals surface area contributed by atoms with Gasteiger partial charge in [-0.3, -0.25) is 4.57 Å². The quantitative estimate of drug-likeness (QED) is 0.0726. The van der Waals surface area contributed by atoms with Crippen LogP contribution in [0.5, 0.6) is 11.8 Å². The lowest BCUT2D eigenvalue weighted by atomic mass is 10.0. The maximum atomic E-state index is 10.5. The zero-order valence-electron chi connectivity index (χ0n) is 27.6. The van der Waals surface area contributed by atoms with Crippen LogP contribution in [-0.4, -0.2) is 14.8 Å². The van der Waals surface area contributed by atoms with Gasteiger partial charge in [0, 0.05) is 6.54 Å². The van der Waals surface area contributed by atoms with Crippen molar-refractivity contribution in [1.82, 2.24) is 4.57 Å². The highest BCUT2D eigenvalue weighted by Crippen LogP contribution is 2.54. The highest BCUT2D eigenvalue weighted by molar-refractivity contribution is 5.55. The average Bonchev–Trinajstić information content (AvgIpc) is 3.68. The summed E-state index contributed by atoms with van der Waals surface area (Å²) in [5.41, 5.74) is 1.56. The van der Waals surface area contributed by atoms with E-state index in [1.807, 2.05) is 12.2 Å². The van der Waals surface area contributed by atoms with Crippen molar-refractivity contribution >= 4 is 0 Å². The van der Waals surface area contributed by atoms with E-state index in [1.54, 1.807) is 4.57 Å². The maximum Gasteiger partial charge on any atom is 0.200 e. The molecule has 2 bridgehead atoms. The Morgan fingerprint density at radius 1 is 0.452 bits per heavy atom. The van der Waals surface area contributed by atoms with Crippen LogP contribution in [0, 0.1) is 0 Å². The molecule has 0 aliphatic carbocycles. The zero-order valence-corrected chi connectivity index (χ0v) is 27.6. The third-order valence-corrected chi connectivity index (χ3v) is 9.84. The highest BCUT2D eigenvalue weighted by atomic mass is 16.5. The Morgan fingerprint density at radius 3 is 1.00 bits per heavy atom. The molecule has 2 aliphatic heterocycles. The molecule has 242 valence electrons. The zero-order chi connectivity index (χ0) is 29.7. The summed E-state index contributed by atoms with van der Waals surface area (Å²) < 4.78 is 7.40. The summed E-state index contributed by atoms with van der Waals surface area (Å²) in [5.74, 6) is 0.397. The third-order valence-electron chi connectivity index (χ3n) is 9.84. The molecule has 4 heteroatoms. The Kier molecular flexibility index (Phi) is 18.5. The van der Waals surface area contributed by atoms with Crippen molar-refractivity contribution in [1.29, 1.82) is 0 Å². The molecule has 0 spiro atoms. The SMILES string of the molecule is CCCCCCCCCCCCCCCCCCCCCCCCCCCCCCn1c(O)c2c(c1O)C1C=CC2O1. The number of rotatable bonds is 29. The van der Waals surface area contributed by atoms with E-state index in [2.05, 4.69) is 6.92 Å². The fourth-order valence-corrected chi connectivity index (χ4v) is 7.12. The van der Waals surface area contributed by atoms with Crippen molar-refractivity contribution < 1.29 is 14.9 Å². The first kappa shape index (κ1) is 35.1. The van der Waals surface area contributed by atoms with Crippen molar-refractivity contribution in [3.8, 4) is 11.8 Å². The van der Waals surface area contributed by atoms with Crippen molar-refractivity contribution in [2.45, 2.75) is 205 Å². The van der Waals surface area contributed by atoms with Gasteiger partial charge in [-0.25, -0.2) is 0 Å². The molecule has 1 aromatic rings. The monoisotopic (exact) mass is 586 g/mol. The number of unbranched alkanes of at least 4 members (excludes halogenated alkanes) is 27. The Labute approximate surface area is 259 Å². The topological polar surface area (TPSA) is 54.6 Å². The third kappa shape index (κ3) is 12.7. The minimum Gasteiger partial charge on any atom is -0.494 e. The van der Waals surface area contributed by atoms with Crippen LogP contribution in [0.2, 0.25) is 0 Å². The first-order valence-electron chi connectivity index (χ1n) is 18.7. The van der Waals surface area contributed by atoms with E-state index in [0.717, 1.165) is 24.0 Å². The van der Waals surface area contributed by atoms with Crippen LogP contribution in [0.1, 0.15) is 210 Å². The van der Waals surface area contributed by atoms with Gasteiger partial charge in [0.2, 0.25) is 11.8 Å². The second-order valence-corrected chi connectivity index (χ2v) is 13.5. The van der Waals surface area contributed by atoms with E-state index in [1.165, 1.54) is 167 Å². The number of ether oxygens (including phenoxy) is 1. The first-order valence-corrected chi connectivity index (χ1v) is 18.7. The molecule has 0 saturated heterocycles. The molecule has 2 aliphatic rings. The average molecular weight is 586 g/mol. The smallest absolute Gasteiger partial charge is 0.200 e. The summed E-state index contributed by atoms with van der Waals surface area (Å²) in [6.07, 6.45) is 42.9. The van der Waals surface area contributed by atoms with Gasteiger partial charge in [0.15, 0.2) is 0 Å². The molecule has 3 rings (SSSR count). The Morgan fingerprint density at radius 2 is 0.714 bits per heavy atom. The largest absolute Gasteiger partial charge is 0.494 e. The molecule has 3 heterocycles. The number of hydrogen-bond donors (Lipinski definition) is 2. The maximum absolute atomic E-state index is 10.5. The summed E-state index contributed by atoms with van der Waals surface area (Å²) in [7, 11) is 0. The van der Waals surface area contributed by atoms with Gasteiger partial charge in [-0.2, -0.15) is 0 Å². The molecule has 0 fully saturated rings. The van der Waals surface area contributed by atoms with E-state index in [0.29, 0.717) is 6.54 Å².